The maximum Gasteiger partial charge on any atom is 0.0459 e. The van der Waals surface area contributed by atoms with Crippen LogP contribution in [0.3, 0.4) is 0 Å². The van der Waals surface area contributed by atoms with Crippen molar-refractivity contribution in [2.24, 2.45) is 0 Å². The molecule has 0 aliphatic heterocycles. The Morgan fingerprint density at radius 3 is 2.50 bits per heavy atom. The van der Waals surface area contributed by atoms with Gasteiger partial charge < -0.3 is 18.3 Å². The van der Waals surface area contributed by atoms with Crippen molar-refractivity contribution in [2.45, 2.75) is 18.6 Å². The molecular formula is C10H13ClNORu. The summed E-state index contributed by atoms with van der Waals surface area (Å²) in [6.45, 7) is 0. The first-order valence-electron chi connectivity index (χ1n) is 3.89. The van der Waals surface area contributed by atoms with Gasteiger partial charge in [0.15, 0.2) is 0 Å². The van der Waals surface area contributed by atoms with Crippen molar-refractivity contribution in [2.75, 3.05) is 0 Å². The molecule has 0 aromatic heterocycles. The molecule has 0 heterocycles. The Morgan fingerprint density at radius 1 is 1.36 bits per heavy atom. The van der Waals surface area contributed by atoms with E-state index in [9.17, 15) is 5.11 Å². The predicted molar refractivity (Wildman–Crippen MR) is 55.5 cm³/mol. The molecule has 2 nitrogen and oxygen atoms in total. The first-order chi connectivity index (χ1) is 6.29. The smallest absolute Gasteiger partial charge is 0.0459 e. The summed E-state index contributed by atoms with van der Waals surface area (Å²) in [7, 11) is 4.57. The maximum absolute atomic E-state index is 9.33. The second-order valence-electron chi connectivity index (χ2n) is 2.95. The van der Waals surface area contributed by atoms with Crippen LogP contribution >= 0.6 is 9.69 Å². The molecule has 1 aliphatic carbocycles. The summed E-state index contributed by atoms with van der Waals surface area (Å²) in [5, 5.41) is 9.33. The molecule has 0 fully saturated rings. The summed E-state index contributed by atoms with van der Waals surface area (Å²) in [4.78, 5) is 0. The van der Waals surface area contributed by atoms with Crippen LogP contribution in [0.2, 0.25) is 0 Å². The van der Waals surface area contributed by atoms with Gasteiger partial charge in [-0.3, -0.25) is 0 Å². The third-order valence-electron chi connectivity index (χ3n) is 2.20. The standard InChI is InChI=1S/C9H10NO.CH3.ClH.Ru/c10-9-7-4-2-1-3-6(7)5-8(9)11;;;/h1-4,8-11H,5H2;1H3;1H;/q2*-1;;+3/p-1/t8?,9-;;;/m1.../s1. The number of nitrogens with one attached hydrogen (secondary N) is 1. The summed E-state index contributed by atoms with van der Waals surface area (Å²) in [6, 6.07) is 7.34. The van der Waals surface area contributed by atoms with E-state index in [0.29, 0.717) is 6.42 Å². The third kappa shape index (κ3) is 2.77. The van der Waals surface area contributed by atoms with Crippen molar-refractivity contribution < 1.29 is 22.4 Å². The van der Waals surface area contributed by atoms with Crippen LogP contribution in [0.15, 0.2) is 24.3 Å². The maximum atomic E-state index is 9.33. The van der Waals surface area contributed by atoms with Gasteiger partial charge in [-0.05, 0) is 12.0 Å². The van der Waals surface area contributed by atoms with Gasteiger partial charge in [-0.2, -0.15) is 0 Å². The summed E-state index contributed by atoms with van der Waals surface area (Å²) in [5.41, 5.74) is 9.68. The second kappa shape index (κ2) is 6.52. The fraction of sp³-hybridized carbons (Fsp3) is 0.300. The van der Waals surface area contributed by atoms with Crippen molar-refractivity contribution in [3.05, 3.63) is 48.6 Å². The molecule has 1 aromatic carbocycles. The largest absolute Gasteiger partial charge is 0.669 e. The molecule has 2 atom stereocenters. The quantitative estimate of drug-likeness (QED) is 0.581. The molecule has 0 spiro atoms. The molecule has 14 heavy (non-hydrogen) atoms. The molecule has 1 aliphatic rings. The van der Waals surface area contributed by atoms with Crippen LogP contribution in [0.25, 0.3) is 5.73 Å². The van der Waals surface area contributed by atoms with E-state index in [-0.39, 0.29) is 7.43 Å². The van der Waals surface area contributed by atoms with Crippen LogP contribution in [0.1, 0.15) is 17.2 Å². The number of halogens is 1. The first-order valence-corrected chi connectivity index (χ1v) is 6.13. The van der Waals surface area contributed by atoms with Gasteiger partial charge in [-0.15, -0.1) is 0 Å². The molecule has 0 radical (unpaired) electrons. The van der Waals surface area contributed by atoms with Gasteiger partial charge in [0.2, 0.25) is 0 Å². The van der Waals surface area contributed by atoms with Gasteiger partial charge in [0, 0.05) is 6.10 Å². The minimum absolute atomic E-state index is 0. The van der Waals surface area contributed by atoms with Crippen molar-refractivity contribution in [3.8, 4) is 0 Å². The zero-order valence-corrected chi connectivity index (χ0v) is 10.3. The summed E-state index contributed by atoms with van der Waals surface area (Å²) in [6.07, 6.45) is 0.150. The Balaban J connectivity index is 0.000000531. The number of aliphatic hydroxyl groups excluding tert-OH is 1. The normalized spacial score (nSPS) is 22.8. The molecule has 2 rings (SSSR count). The predicted octanol–water partition coefficient (Wildman–Crippen LogP) is 2.83. The molecular weight excluding hydrogens is 287 g/mol. The summed E-state index contributed by atoms with van der Waals surface area (Å²) >= 11 is 1.82. The average Bonchev–Trinajstić information content (AvgIpc) is 2.47. The van der Waals surface area contributed by atoms with Gasteiger partial charge in [-0.1, -0.05) is 35.9 Å². The number of rotatable bonds is 0. The molecule has 1 aromatic rings. The minimum Gasteiger partial charge on any atom is -0.669 e. The number of aliphatic hydroxyl groups is 1. The van der Waals surface area contributed by atoms with Gasteiger partial charge in [0.25, 0.3) is 0 Å². The number of benzene rings is 1. The van der Waals surface area contributed by atoms with E-state index >= 15 is 0 Å². The minimum atomic E-state index is -0.493. The monoisotopic (exact) mass is 300 g/mol. The van der Waals surface area contributed by atoms with Crippen LogP contribution in [0.5, 0.6) is 0 Å². The van der Waals surface area contributed by atoms with E-state index in [0.717, 1.165) is 11.1 Å². The summed E-state index contributed by atoms with van der Waals surface area (Å²) in [5.74, 6) is 0. The first kappa shape index (κ1) is 14.1. The van der Waals surface area contributed by atoms with Crippen molar-refractivity contribution in [1.82, 2.24) is 0 Å². The zero-order chi connectivity index (χ0) is 9.84. The third-order valence-corrected chi connectivity index (χ3v) is 2.20. The second-order valence-corrected chi connectivity index (χ2v) is 2.95. The van der Waals surface area contributed by atoms with E-state index in [2.05, 4.69) is 9.69 Å². The van der Waals surface area contributed by atoms with E-state index < -0.39 is 12.1 Å². The number of hydrogen-bond acceptors (Lipinski definition) is 1. The molecule has 2 N–H and O–H groups in total. The van der Waals surface area contributed by atoms with Crippen molar-refractivity contribution >= 4 is 9.69 Å². The van der Waals surface area contributed by atoms with E-state index in [4.69, 9.17) is 5.73 Å². The molecule has 0 saturated heterocycles. The molecule has 0 bridgehead atoms. The number of fused-ring (bicyclic) bond motifs is 1. The average molecular weight is 300 g/mol. The van der Waals surface area contributed by atoms with Gasteiger partial charge >= 0.3 is 27.0 Å². The van der Waals surface area contributed by atoms with E-state index in [1.54, 1.807) is 0 Å². The molecule has 0 amide bonds. The fourth-order valence-corrected chi connectivity index (χ4v) is 1.57. The van der Waals surface area contributed by atoms with Gasteiger partial charge in [0.1, 0.15) is 0 Å². The molecule has 1 unspecified atom stereocenters. The molecule has 79 valence electrons. The van der Waals surface area contributed by atoms with Crippen molar-refractivity contribution in [1.29, 1.82) is 0 Å². The Bertz CT molecular complexity index is 283. The van der Waals surface area contributed by atoms with Gasteiger partial charge in [-0.25, -0.2) is 0 Å². The topological polar surface area (TPSA) is 44.0 Å². The van der Waals surface area contributed by atoms with Crippen LogP contribution in [0.4, 0.5) is 0 Å². The van der Waals surface area contributed by atoms with Crippen LogP contribution < -0.4 is 0 Å². The molecule has 4 heteroatoms. The van der Waals surface area contributed by atoms with Crippen LogP contribution in [0, 0.1) is 7.43 Å². The Kier molecular flexibility index (Phi) is 6.55. The zero-order valence-electron chi connectivity index (χ0n) is 7.85. The fourth-order valence-electron chi connectivity index (χ4n) is 1.57. The van der Waals surface area contributed by atoms with Crippen LogP contribution in [-0.2, 0) is 23.7 Å². The van der Waals surface area contributed by atoms with E-state index in [1.165, 1.54) is 0 Å². The Morgan fingerprint density at radius 2 is 1.93 bits per heavy atom. The van der Waals surface area contributed by atoms with Crippen molar-refractivity contribution in [3.63, 3.8) is 0 Å². The number of hydrogen-bond donors (Lipinski definition) is 1. The molecule has 0 saturated carbocycles. The van der Waals surface area contributed by atoms with E-state index in [1.807, 2.05) is 41.6 Å². The summed E-state index contributed by atoms with van der Waals surface area (Å²) < 4.78 is 0. The van der Waals surface area contributed by atoms with Gasteiger partial charge in [0.05, 0.1) is 0 Å². The Hall–Kier alpha value is 0.0534. The van der Waals surface area contributed by atoms with Crippen LogP contribution in [-0.4, -0.2) is 11.2 Å². The SMILES string of the molecule is [CH3-].[Cl][Ru+2].[NH-][C@@H]1c2ccccc2CC1O. The Labute approximate surface area is 99.2 Å².